The van der Waals surface area contributed by atoms with Crippen molar-refractivity contribution in [3.05, 3.63) is 66.0 Å². The Balaban J connectivity index is 1.57. The topological polar surface area (TPSA) is 71.2 Å². The molecule has 7 nitrogen and oxygen atoms in total. The summed E-state index contributed by atoms with van der Waals surface area (Å²) in [5.74, 6) is -3.36. The summed E-state index contributed by atoms with van der Waals surface area (Å²) in [6, 6.07) is 6.47. The summed E-state index contributed by atoms with van der Waals surface area (Å²) in [7, 11) is 0. The number of aromatic nitrogens is 5. The van der Waals surface area contributed by atoms with Crippen molar-refractivity contribution in [2.24, 2.45) is 0 Å². The van der Waals surface area contributed by atoms with Gasteiger partial charge in [-0.3, -0.25) is 9.88 Å². The Hall–Kier alpha value is -3.74. The number of anilines is 2. The van der Waals surface area contributed by atoms with E-state index < -0.39 is 23.6 Å². The van der Waals surface area contributed by atoms with Gasteiger partial charge in [0.05, 0.1) is 11.9 Å². The van der Waals surface area contributed by atoms with Crippen LogP contribution in [0.1, 0.15) is 24.1 Å². The van der Waals surface area contributed by atoms with E-state index in [-0.39, 0.29) is 49.0 Å². The predicted octanol–water partition coefficient (Wildman–Crippen LogP) is 5.32. The van der Waals surface area contributed by atoms with Crippen molar-refractivity contribution in [1.29, 1.82) is 0 Å². The molecule has 0 aliphatic carbocycles. The molecular weight excluding hydrogens is 488 g/mol. The molecule has 0 amide bonds. The fourth-order valence-electron chi connectivity index (χ4n) is 4.01. The van der Waals surface area contributed by atoms with Crippen molar-refractivity contribution < 1.29 is 26.3 Å². The summed E-state index contributed by atoms with van der Waals surface area (Å²) < 4.78 is 82.5. The Bertz CT molecular complexity index is 1390. The van der Waals surface area contributed by atoms with Gasteiger partial charge in [-0.15, -0.1) is 5.10 Å². The summed E-state index contributed by atoms with van der Waals surface area (Å²) in [5, 5.41) is 7.19. The molecule has 188 valence electrons. The minimum atomic E-state index is -4.66. The largest absolute Gasteiger partial charge is 0.433 e. The first-order valence-electron chi connectivity index (χ1n) is 11.0. The molecule has 1 saturated heterocycles. The summed E-state index contributed by atoms with van der Waals surface area (Å²) in [6.45, 7) is 0.697. The Morgan fingerprint density at radius 1 is 1.03 bits per heavy atom. The highest BCUT2D eigenvalue weighted by molar-refractivity contribution is 5.78. The zero-order valence-corrected chi connectivity index (χ0v) is 18.6. The van der Waals surface area contributed by atoms with Crippen LogP contribution in [0, 0.1) is 5.82 Å². The van der Waals surface area contributed by atoms with Crippen LogP contribution in [-0.2, 0) is 12.7 Å². The molecule has 0 radical (unpaired) electrons. The molecular formula is C23H19F6N7. The average Bonchev–Trinajstić information content (AvgIpc) is 3.24. The van der Waals surface area contributed by atoms with Crippen molar-refractivity contribution >= 4 is 17.0 Å². The third-order valence-electron chi connectivity index (χ3n) is 5.87. The molecule has 0 unspecified atom stereocenters. The fourth-order valence-corrected chi connectivity index (χ4v) is 4.01. The molecule has 1 aliphatic heterocycles. The zero-order valence-electron chi connectivity index (χ0n) is 18.6. The van der Waals surface area contributed by atoms with Crippen molar-refractivity contribution in [2.75, 3.05) is 18.4 Å². The molecule has 0 spiro atoms. The van der Waals surface area contributed by atoms with E-state index in [1.165, 1.54) is 28.9 Å². The van der Waals surface area contributed by atoms with E-state index in [1.807, 2.05) is 4.90 Å². The molecule has 5 rings (SSSR count). The van der Waals surface area contributed by atoms with Crippen LogP contribution in [0.2, 0.25) is 0 Å². The van der Waals surface area contributed by atoms with Crippen LogP contribution in [0.4, 0.5) is 37.8 Å². The number of halogens is 6. The number of fused-ring (bicyclic) bond motifs is 1. The van der Waals surface area contributed by atoms with Crippen LogP contribution >= 0.6 is 0 Å². The lowest BCUT2D eigenvalue weighted by Gasteiger charge is -2.31. The minimum Gasteiger partial charge on any atom is -0.336 e. The lowest BCUT2D eigenvalue weighted by molar-refractivity contribution is -0.141. The highest BCUT2D eigenvalue weighted by Gasteiger charge is 2.34. The number of nitrogens with zero attached hydrogens (tertiary/aromatic N) is 6. The third kappa shape index (κ3) is 4.96. The smallest absolute Gasteiger partial charge is 0.336 e. The van der Waals surface area contributed by atoms with E-state index in [0.29, 0.717) is 17.6 Å². The van der Waals surface area contributed by atoms with E-state index in [0.717, 1.165) is 12.3 Å². The van der Waals surface area contributed by atoms with Crippen molar-refractivity contribution in [3.8, 4) is 11.5 Å². The van der Waals surface area contributed by atoms with Crippen molar-refractivity contribution in [3.63, 3.8) is 0 Å². The second-order valence-electron chi connectivity index (χ2n) is 8.44. The Morgan fingerprint density at radius 3 is 2.53 bits per heavy atom. The van der Waals surface area contributed by atoms with Crippen LogP contribution < -0.4 is 5.32 Å². The molecule has 0 atom stereocenters. The summed E-state index contributed by atoms with van der Waals surface area (Å²) in [6.07, 6.45) is -1.22. The van der Waals surface area contributed by atoms with Gasteiger partial charge in [-0.2, -0.15) is 13.2 Å². The van der Waals surface area contributed by atoms with Gasteiger partial charge < -0.3 is 5.32 Å². The van der Waals surface area contributed by atoms with Crippen LogP contribution in [0.15, 0.2) is 48.9 Å². The van der Waals surface area contributed by atoms with Gasteiger partial charge in [-0.1, -0.05) is 6.07 Å². The van der Waals surface area contributed by atoms with Crippen LogP contribution in [0.25, 0.3) is 17.0 Å². The molecule has 4 aromatic heterocycles. The van der Waals surface area contributed by atoms with Gasteiger partial charge in [0.1, 0.15) is 16.9 Å². The van der Waals surface area contributed by atoms with Gasteiger partial charge in [-0.05, 0) is 29.8 Å². The molecule has 1 aliphatic rings. The molecule has 0 aromatic carbocycles. The van der Waals surface area contributed by atoms with E-state index in [4.69, 9.17) is 0 Å². The molecule has 5 heterocycles. The number of rotatable bonds is 5. The van der Waals surface area contributed by atoms with E-state index in [2.05, 4.69) is 25.4 Å². The minimum absolute atomic E-state index is 0.0401. The second kappa shape index (κ2) is 9.04. The predicted molar refractivity (Wildman–Crippen MR) is 118 cm³/mol. The quantitative estimate of drug-likeness (QED) is 0.369. The van der Waals surface area contributed by atoms with Gasteiger partial charge in [0.2, 0.25) is 5.82 Å². The molecule has 0 saturated carbocycles. The first-order valence-corrected chi connectivity index (χ1v) is 11.0. The number of hydrogen-bond donors (Lipinski definition) is 1. The lowest BCUT2D eigenvalue weighted by atomic mass is 10.1. The number of piperidine rings is 1. The van der Waals surface area contributed by atoms with Crippen molar-refractivity contribution in [2.45, 2.75) is 31.5 Å². The number of pyridine rings is 2. The van der Waals surface area contributed by atoms with E-state index in [9.17, 15) is 26.3 Å². The fraction of sp³-hybridized carbons (Fsp3) is 0.304. The monoisotopic (exact) mass is 507 g/mol. The summed E-state index contributed by atoms with van der Waals surface area (Å²) in [4.78, 5) is 13.6. The number of nitrogens with one attached hydrogen (secondary N) is 1. The summed E-state index contributed by atoms with van der Waals surface area (Å²) >= 11 is 0. The highest BCUT2D eigenvalue weighted by atomic mass is 19.4. The van der Waals surface area contributed by atoms with Crippen molar-refractivity contribution in [1.82, 2.24) is 29.5 Å². The molecule has 0 bridgehead atoms. The molecule has 4 aromatic rings. The van der Waals surface area contributed by atoms with Crippen LogP contribution in [0.3, 0.4) is 0 Å². The van der Waals surface area contributed by atoms with Gasteiger partial charge in [0, 0.05) is 44.9 Å². The number of likely N-dealkylation sites (tertiary alicyclic amines) is 1. The molecule has 1 fully saturated rings. The SMILES string of the molecule is Fc1cnccc1Nc1nc(-c2cccc(C(F)(F)F)n2)nn2ccc(CN3CCC(F)(F)CC3)c12. The molecule has 36 heavy (non-hydrogen) atoms. The number of alkyl halides is 5. The third-order valence-corrected chi connectivity index (χ3v) is 5.87. The first-order chi connectivity index (χ1) is 17.1. The maximum absolute atomic E-state index is 14.4. The number of hydrogen-bond acceptors (Lipinski definition) is 6. The average molecular weight is 507 g/mol. The van der Waals surface area contributed by atoms with Gasteiger partial charge in [0.15, 0.2) is 11.6 Å². The van der Waals surface area contributed by atoms with E-state index in [1.54, 1.807) is 12.3 Å². The van der Waals surface area contributed by atoms with E-state index >= 15 is 0 Å². The Labute approximate surface area is 200 Å². The van der Waals surface area contributed by atoms with Crippen LogP contribution in [-0.4, -0.2) is 48.5 Å². The Morgan fingerprint density at radius 2 is 1.81 bits per heavy atom. The standard InChI is InChI=1S/C23H19F6N7/c24-15-12-30-8-4-16(15)32-21-19-14(13-35-10-6-22(25,26)7-11-35)5-9-36(19)34-20(33-21)17-2-1-3-18(31-17)23(27,28)29/h1-5,8-9,12H,6-7,10-11,13H2,(H,30,32,33,34). The molecule has 1 N–H and O–H groups in total. The van der Waals surface area contributed by atoms with Crippen LogP contribution in [0.5, 0.6) is 0 Å². The second-order valence-corrected chi connectivity index (χ2v) is 8.44. The maximum Gasteiger partial charge on any atom is 0.433 e. The highest BCUT2D eigenvalue weighted by Crippen LogP contribution is 2.32. The van der Waals surface area contributed by atoms with Gasteiger partial charge >= 0.3 is 6.18 Å². The van der Waals surface area contributed by atoms with Gasteiger partial charge in [0.25, 0.3) is 5.92 Å². The zero-order chi connectivity index (χ0) is 25.5. The van der Waals surface area contributed by atoms with Gasteiger partial charge in [-0.25, -0.2) is 27.7 Å². The Kier molecular flexibility index (Phi) is 6.02. The first kappa shape index (κ1) is 24.0. The normalized spacial score (nSPS) is 16.4. The summed E-state index contributed by atoms with van der Waals surface area (Å²) in [5.41, 5.74) is -0.0784. The lowest BCUT2D eigenvalue weighted by Crippen LogP contribution is -2.38. The molecule has 13 heteroatoms. The maximum atomic E-state index is 14.4.